The summed E-state index contributed by atoms with van der Waals surface area (Å²) >= 11 is 0. The van der Waals surface area contributed by atoms with E-state index in [4.69, 9.17) is 0 Å². The molecular weight excluding hydrogens is 290 g/mol. The minimum absolute atomic E-state index is 0.0729. The number of aryl methyl sites for hydroxylation is 2. The summed E-state index contributed by atoms with van der Waals surface area (Å²) in [5.41, 5.74) is 2.93. The fraction of sp³-hybridized carbons (Fsp3) is 0.444. The molecule has 1 aliphatic heterocycles. The molecule has 2 heterocycles. The summed E-state index contributed by atoms with van der Waals surface area (Å²) in [5, 5.41) is 1.14. The number of carbonyl (C=O) groups excluding carboxylic acids is 2. The number of hydrogen-bond acceptors (Lipinski definition) is 2. The van der Waals surface area contributed by atoms with E-state index in [2.05, 4.69) is 23.6 Å². The predicted molar refractivity (Wildman–Crippen MR) is 90.5 cm³/mol. The van der Waals surface area contributed by atoms with Crippen LogP contribution in [0.1, 0.15) is 29.9 Å². The van der Waals surface area contributed by atoms with Crippen molar-refractivity contribution in [1.82, 2.24) is 14.4 Å². The van der Waals surface area contributed by atoms with Crippen LogP contribution in [-0.2, 0) is 11.3 Å². The maximum Gasteiger partial charge on any atom is 0.270 e. The molecule has 0 saturated carbocycles. The van der Waals surface area contributed by atoms with Crippen molar-refractivity contribution in [2.45, 2.75) is 27.3 Å². The van der Waals surface area contributed by atoms with Gasteiger partial charge in [-0.1, -0.05) is 18.2 Å². The van der Waals surface area contributed by atoms with Crippen LogP contribution in [0.15, 0.2) is 24.3 Å². The Morgan fingerprint density at radius 1 is 1.04 bits per heavy atom. The average Bonchev–Trinajstić information content (AvgIpc) is 2.86. The first-order chi connectivity index (χ1) is 11.0. The number of piperazine rings is 1. The molecule has 5 heteroatoms. The number of aromatic nitrogens is 1. The molecule has 0 N–H and O–H groups in total. The van der Waals surface area contributed by atoms with Crippen LogP contribution in [0, 0.1) is 6.92 Å². The van der Waals surface area contributed by atoms with Crippen molar-refractivity contribution < 1.29 is 9.59 Å². The summed E-state index contributed by atoms with van der Waals surface area (Å²) in [4.78, 5) is 28.1. The molecule has 2 aromatic rings. The standard InChI is InChI=1S/C18H23N3O2/c1-4-21-16-8-6-5-7-15(16)13(2)17(21)18(23)20-11-9-19(10-12-20)14(3)22/h5-8H,4,9-12H2,1-3H3. The summed E-state index contributed by atoms with van der Waals surface area (Å²) in [7, 11) is 0. The Hall–Kier alpha value is -2.30. The molecule has 1 fully saturated rings. The number of amides is 2. The van der Waals surface area contributed by atoms with Crippen LogP contribution in [0.4, 0.5) is 0 Å². The van der Waals surface area contributed by atoms with E-state index in [1.54, 1.807) is 11.8 Å². The SMILES string of the molecule is CCn1c(C(=O)N2CCN(C(C)=O)CC2)c(C)c2ccccc21. The normalized spacial score (nSPS) is 15.3. The zero-order chi connectivity index (χ0) is 16.6. The molecule has 0 aliphatic carbocycles. The first-order valence-corrected chi connectivity index (χ1v) is 8.17. The van der Waals surface area contributed by atoms with Crippen molar-refractivity contribution >= 4 is 22.7 Å². The minimum atomic E-state index is 0.0729. The van der Waals surface area contributed by atoms with Gasteiger partial charge in [0.1, 0.15) is 5.69 Å². The largest absolute Gasteiger partial charge is 0.339 e. The average molecular weight is 313 g/mol. The van der Waals surface area contributed by atoms with Crippen molar-refractivity contribution in [2.24, 2.45) is 0 Å². The summed E-state index contributed by atoms with van der Waals surface area (Å²) in [6.07, 6.45) is 0. The van der Waals surface area contributed by atoms with Crippen LogP contribution in [0.2, 0.25) is 0 Å². The number of nitrogens with zero attached hydrogens (tertiary/aromatic N) is 3. The van der Waals surface area contributed by atoms with Crippen LogP contribution >= 0.6 is 0 Å². The second-order valence-electron chi connectivity index (χ2n) is 6.03. The molecule has 0 bridgehead atoms. The second kappa shape index (κ2) is 6.07. The van der Waals surface area contributed by atoms with E-state index in [9.17, 15) is 9.59 Å². The molecule has 0 atom stereocenters. The molecule has 0 radical (unpaired) electrons. The van der Waals surface area contributed by atoms with Crippen molar-refractivity contribution in [3.8, 4) is 0 Å². The molecule has 1 aromatic heterocycles. The van der Waals surface area contributed by atoms with Crippen LogP contribution in [-0.4, -0.2) is 52.4 Å². The molecule has 0 unspecified atom stereocenters. The first kappa shape index (κ1) is 15.6. The third-order valence-corrected chi connectivity index (χ3v) is 4.75. The van der Waals surface area contributed by atoms with Crippen molar-refractivity contribution in [1.29, 1.82) is 0 Å². The van der Waals surface area contributed by atoms with E-state index >= 15 is 0 Å². The third-order valence-electron chi connectivity index (χ3n) is 4.75. The highest BCUT2D eigenvalue weighted by Gasteiger charge is 2.27. The van der Waals surface area contributed by atoms with Crippen LogP contribution < -0.4 is 0 Å². The van der Waals surface area contributed by atoms with Crippen molar-refractivity contribution in [2.75, 3.05) is 26.2 Å². The monoisotopic (exact) mass is 313 g/mol. The highest BCUT2D eigenvalue weighted by molar-refractivity contribution is 6.01. The Labute approximate surface area is 136 Å². The minimum Gasteiger partial charge on any atom is -0.339 e. The number of carbonyl (C=O) groups is 2. The summed E-state index contributed by atoms with van der Waals surface area (Å²) in [6.45, 7) is 8.87. The molecule has 1 aromatic carbocycles. The number of hydrogen-bond donors (Lipinski definition) is 0. The molecule has 1 aliphatic rings. The van der Waals surface area contributed by atoms with E-state index in [0.717, 1.165) is 28.7 Å². The van der Waals surface area contributed by atoms with E-state index in [-0.39, 0.29) is 11.8 Å². The van der Waals surface area contributed by atoms with Gasteiger partial charge in [-0.15, -0.1) is 0 Å². The lowest BCUT2D eigenvalue weighted by molar-refractivity contribution is -0.130. The van der Waals surface area contributed by atoms with Crippen LogP contribution in [0.25, 0.3) is 10.9 Å². The number of para-hydroxylation sites is 1. The Morgan fingerprint density at radius 2 is 1.65 bits per heavy atom. The van der Waals surface area contributed by atoms with Gasteiger partial charge in [0.15, 0.2) is 0 Å². The van der Waals surface area contributed by atoms with Gasteiger partial charge in [-0.25, -0.2) is 0 Å². The van der Waals surface area contributed by atoms with Crippen molar-refractivity contribution in [3.63, 3.8) is 0 Å². The first-order valence-electron chi connectivity index (χ1n) is 8.17. The lowest BCUT2D eigenvalue weighted by Gasteiger charge is -2.34. The quantitative estimate of drug-likeness (QED) is 0.854. The number of fused-ring (bicyclic) bond motifs is 1. The summed E-state index contributed by atoms with van der Waals surface area (Å²) in [5.74, 6) is 0.153. The lowest BCUT2D eigenvalue weighted by atomic mass is 10.1. The topological polar surface area (TPSA) is 45.6 Å². The molecular formula is C18H23N3O2. The third kappa shape index (κ3) is 2.60. The Bertz CT molecular complexity index is 755. The van der Waals surface area contributed by atoms with Gasteiger partial charge in [0, 0.05) is 50.6 Å². The highest BCUT2D eigenvalue weighted by Crippen LogP contribution is 2.26. The maximum atomic E-state index is 13.0. The van der Waals surface area contributed by atoms with Gasteiger partial charge in [0.25, 0.3) is 5.91 Å². The fourth-order valence-electron chi connectivity index (χ4n) is 3.46. The predicted octanol–water partition coefficient (Wildman–Crippen LogP) is 2.27. The Kier molecular flexibility index (Phi) is 4.11. The highest BCUT2D eigenvalue weighted by atomic mass is 16.2. The van der Waals surface area contributed by atoms with Gasteiger partial charge >= 0.3 is 0 Å². The molecule has 2 amide bonds. The van der Waals surface area contributed by atoms with Gasteiger partial charge in [0.05, 0.1) is 0 Å². The fourth-order valence-corrected chi connectivity index (χ4v) is 3.46. The molecule has 122 valence electrons. The lowest BCUT2D eigenvalue weighted by Crippen LogP contribution is -2.50. The van der Waals surface area contributed by atoms with Gasteiger partial charge in [-0.05, 0) is 25.5 Å². The van der Waals surface area contributed by atoms with Crippen LogP contribution in [0.3, 0.4) is 0 Å². The van der Waals surface area contributed by atoms with Gasteiger partial charge in [-0.2, -0.15) is 0 Å². The molecule has 0 spiro atoms. The second-order valence-corrected chi connectivity index (χ2v) is 6.03. The zero-order valence-corrected chi connectivity index (χ0v) is 14.0. The Morgan fingerprint density at radius 3 is 2.26 bits per heavy atom. The van der Waals surface area contributed by atoms with Crippen LogP contribution in [0.5, 0.6) is 0 Å². The van der Waals surface area contributed by atoms with E-state index in [1.165, 1.54) is 0 Å². The molecule has 5 nitrogen and oxygen atoms in total. The number of rotatable bonds is 2. The summed E-state index contributed by atoms with van der Waals surface area (Å²) < 4.78 is 2.10. The van der Waals surface area contributed by atoms with Gasteiger partial charge in [-0.3, -0.25) is 9.59 Å². The van der Waals surface area contributed by atoms with E-state index in [1.807, 2.05) is 24.0 Å². The zero-order valence-electron chi connectivity index (χ0n) is 14.0. The number of benzene rings is 1. The van der Waals surface area contributed by atoms with Gasteiger partial charge < -0.3 is 14.4 Å². The molecule has 1 saturated heterocycles. The summed E-state index contributed by atoms with van der Waals surface area (Å²) in [6, 6.07) is 8.15. The van der Waals surface area contributed by atoms with Crippen molar-refractivity contribution in [3.05, 3.63) is 35.5 Å². The van der Waals surface area contributed by atoms with E-state index in [0.29, 0.717) is 26.2 Å². The smallest absolute Gasteiger partial charge is 0.270 e. The molecule has 23 heavy (non-hydrogen) atoms. The van der Waals surface area contributed by atoms with Gasteiger partial charge in [0.2, 0.25) is 5.91 Å². The van der Waals surface area contributed by atoms with E-state index < -0.39 is 0 Å². The Balaban J connectivity index is 1.93. The maximum absolute atomic E-state index is 13.0. The molecule has 3 rings (SSSR count).